The van der Waals surface area contributed by atoms with Crippen molar-refractivity contribution in [1.29, 1.82) is 0 Å². The van der Waals surface area contributed by atoms with Gasteiger partial charge >= 0.3 is 5.97 Å². The number of carbonyl (C=O) groups excluding carboxylic acids is 1. The Bertz CT molecular complexity index is 197. The van der Waals surface area contributed by atoms with E-state index < -0.39 is 0 Å². The first kappa shape index (κ1) is 14.5. The van der Waals surface area contributed by atoms with Crippen molar-refractivity contribution in [2.75, 3.05) is 6.61 Å². The lowest BCUT2D eigenvalue weighted by molar-refractivity contribution is -0.158. The number of carbonyl (C=O) groups is 1. The van der Waals surface area contributed by atoms with Crippen LogP contribution in [0.4, 0.5) is 0 Å². The van der Waals surface area contributed by atoms with E-state index in [-0.39, 0.29) is 11.4 Å². The summed E-state index contributed by atoms with van der Waals surface area (Å²) >= 11 is 0. The van der Waals surface area contributed by atoms with E-state index in [0.29, 0.717) is 18.4 Å². The lowest BCUT2D eigenvalue weighted by Crippen LogP contribution is -2.35. The van der Waals surface area contributed by atoms with Crippen molar-refractivity contribution in [3.63, 3.8) is 0 Å². The fourth-order valence-corrected chi connectivity index (χ4v) is 1.51. The molecule has 0 heterocycles. The Morgan fingerprint density at radius 3 is 2.13 bits per heavy atom. The van der Waals surface area contributed by atoms with Gasteiger partial charge in [0, 0.05) is 0 Å². The van der Waals surface area contributed by atoms with Crippen LogP contribution in [-0.2, 0) is 9.53 Å². The number of hydrogen-bond acceptors (Lipinski definition) is 2. The van der Waals surface area contributed by atoms with E-state index in [9.17, 15) is 4.79 Å². The third-order valence-electron chi connectivity index (χ3n) is 3.26. The van der Waals surface area contributed by atoms with Crippen LogP contribution < -0.4 is 0 Å². The topological polar surface area (TPSA) is 26.3 Å². The highest BCUT2D eigenvalue weighted by atomic mass is 16.5. The quantitative estimate of drug-likeness (QED) is 0.631. The fraction of sp³-hybridized carbons (Fsp3) is 0.923. The zero-order valence-corrected chi connectivity index (χ0v) is 11.1. The number of rotatable bonds is 6. The van der Waals surface area contributed by atoms with Gasteiger partial charge in [-0.25, -0.2) is 0 Å². The molecule has 0 bridgehead atoms. The van der Waals surface area contributed by atoms with Gasteiger partial charge in [-0.15, -0.1) is 0 Å². The molecule has 0 aromatic carbocycles. The third-order valence-corrected chi connectivity index (χ3v) is 3.26. The van der Waals surface area contributed by atoms with Crippen LogP contribution in [-0.4, -0.2) is 12.6 Å². The molecule has 0 saturated carbocycles. The second-order valence-electron chi connectivity index (χ2n) is 5.23. The zero-order valence-electron chi connectivity index (χ0n) is 11.1. The van der Waals surface area contributed by atoms with Gasteiger partial charge in [0.25, 0.3) is 0 Å². The maximum absolute atomic E-state index is 11.9. The van der Waals surface area contributed by atoms with Crippen molar-refractivity contribution in [1.82, 2.24) is 0 Å². The predicted octanol–water partition coefficient (Wildman–Crippen LogP) is 3.65. The van der Waals surface area contributed by atoms with E-state index >= 15 is 0 Å². The van der Waals surface area contributed by atoms with Gasteiger partial charge in [-0.05, 0) is 38.5 Å². The molecule has 0 aliphatic carbocycles. The minimum absolute atomic E-state index is 0.0411. The Morgan fingerprint density at radius 1 is 1.27 bits per heavy atom. The molecule has 0 aromatic rings. The molecule has 0 amide bonds. The van der Waals surface area contributed by atoms with Crippen molar-refractivity contribution in [2.24, 2.45) is 17.3 Å². The van der Waals surface area contributed by atoms with Crippen LogP contribution >= 0.6 is 0 Å². The van der Waals surface area contributed by atoms with Gasteiger partial charge < -0.3 is 4.74 Å². The number of hydrogen-bond donors (Lipinski definition) is 0. The van der Waals surface area contributed by atoms with Crippen LogP contribution in [0.5, 0.6) is 0 Å². The van der Waals surface area contributed by atoms with Gasteiger partial charge in [-0.2, -0.15) is 0 Å². The van der Waals surface area contributed by atoms with Crippen molar-refractivity contribution in [2.45, 2.75) is 54.4 Å². The van der Waals surface area contributed by atoms with Crippen LogP contribution in [0.3, 0.4) is 0 Å². The van der Waals surface area contributed by atoms with E-state index in [4.69, 9.17) is 4.74 Å². The van der Waals surface area contributed by atoms with Gasteiger partial charge in [-0.3, -0.25) is 4.79 Å². The van der Waals surface area contributed by atoms with E-state index in [1.54, 1.807) is 0 Å². The zero-order chi connectivity index (χ0) is 12.1. The van der Waals surface area contributed by atoms with Crippen LogP contribution in [0, 0.1) is 17.3 Å². The summed E-state index contributed by atoms with van der Waals surface area (Å²) < 4.78 is 5.16. The van der Waals surface area contributed by atoms with Crippen LogP contribution in [0.1, 0.15) is 54.4 Å². The lowest BCUT2D eigenvalue weighted by Gasteiger charge is -2.31. The summed E-state index contributed by atoms with van der Waals surface area (Å²) in [7, 11) is 0. The molecule has 0 spiro atoms. The summed E-state index contributed by atoms with van der Waals surface area (Å²) in [4.78, 5) is 11.9. The largest absolute Gasteiger partial charge is 0.466 e. The average molecular weight is 214 g/mol. The van der Waals surface area contributed by atoms with Gasteiger partial charge in [-0.1, -0.05) is 27.7 Å². The Labute approximate surface area is 94.4 Å². The maximum atomic E-state index is 11.9. The van der Waals surface area contributed by atoms with E-state index in [1.807, 2.05) is 13.8 Å². The lowest BCUT2D eigenvalue weighted by atomic mass is 9.74. The molecular formula is C13H26O2. The SMILES string of the molecule is CCOC(=O)C(C)(CCC(C)C)C(C)C. The second kappa shape index (κ2) is 6.14. The average Bonchev–Trinajstić information content (AvgIpc) is 2.14. The number of ether oxygens (including phenoxy) is 1. The molecule has 15 heavy (non-hydrogen) atoms. The van der Waals surface area contributed by atoms with Gasteiger partial charge in [0.1, 0.15) is 0 Å². The van der Waals surface area contributed by atoms with Gasteiger partial charge in [0.15, 0.2) is 0 Å². The highest BCUT2D eigenvalue weighted by Crippen LogP contribution is 2.35. The number of esters is 1. The van der Waals surface area contributed by atoms with Crippen molar-refractivity contribution >= 4 is 5.97 Å². The standard InChI is InChI=1S/C13H26O2/c1-7-15-12(14)13(6,11(4)5)9-8-10(2)3/h10-11H,7-9H2,1-6H3. The molecule has 0 aliphatic heterocycles. The summed E-state index contributed by atoms with van der Waals surface area (Å²) in [6.07, 6.45) is 1.99. The molecule has 2 heteroatoms. The second-order valence-corrected chi connectivity index (χ2v) is 5.23. The Morgan fingerprint density at radius 2 is 1.80 bits per heavy atom. The maximum Gasteiger partial charge on any atom is 0.312 e. The molecule has 0 saturated heterocycles. The van der Waals surface area contributed by atoms with Crippen molar-refractivity contribution in [3.05, 3.63) is 0 Å². The fourth-order valence-electron chi connectivity index (χ4n) is 1.51. The summed E-state index contributed by atoms with van der Waals surface area (Å²) in [6, 6.07) is 0. The summed E-state index contributed by atoms with van der Waals surface area (Å²) in [6.45, 7) is 12.9. The molecule has 0 radical (unpaired) electrons. The smallest absolute Gasteiger partial charge is 0.312 e. The van der Waals surface area contributed by atoms with Gasteiger partial charge in [0.05, 0.1) is 12.0 Å². The monoisotopic (exact) mass is 214 g/mol. The third kappa shape index (κ3) is 4.23. The molecule has 1 atom stereocenters. The van der Waals surface area contributed by atoms with E-state index in [1.165, 1.54) is 0 Å². The highest BCUT2D eigenvalue weighted by molar-refractivity contribution is 5.76. The molecule has 1 unspecified atom stereocenters. The molecule has 0 N–H and O–H groups in total. The normalized spacial score (nSPS) is 15.5. The minimum atomic E-state index is -0.319. The molecule has 0 aliphatic rings. The summed E-state index contributed by atoms with van der Waals surface area (Å²) in [5.41, 5.74) is -0.319. The molecule has 0 aromatic heterocycles. The highest BCUT2D eigenvalue weighted by Gasteiger charge is 2.37. The van der Waals surface area contributed by atoms with E-state index in [0.717, 1.165) is 12.8 Å². The van der Waals surface area contributed by atoms with Crippen molar-refractivity contribution < 1.29 is 9.53 Å². The van der Waals surface area contributed by atoms with Crippen molar-refractivity contribution in [3.8, 4) is 0 Å². The van der Waals surface area contributed by atoms with Crippen LogP contribution in [0.25, 0.3) is 0 Å². The minimum Gasteiger partial charge on any atom is -0.466 e. The Hall–Kier alpha value is -0.530. The van der Waals surface area contributed by atoms with Gasteiger partial charge in [0.2, 0.25) is 0 Å². The first-order valence-corrected chi connectivity index (χ1v) is 6.01. The molecule has 0 fully saturated rings. The Kier molecular flexibility index (Phi) is 5.92. The van der Waals surface area contributed by atoms with E-state index in [2.05, 4.69) is 27.7 Å². The first-order chi connectivity index (χ1) is 6.84. The summed E-state index contributed by atoms with van der Waals surface area (Å²) in [5.74, 6) is 0.924. The molecular weight excluding hydrogens is 188 g/mol. The molecule has 2 nitrogen and oxygen atoms in total. The molecule has 0 rings (SSSR count). The molecule has 90 valence electrons. The first-order valence-electron chi connectivity index (χ1n) is 6.01. The van der Waals surface area contributed by atoms with Crippen LogP contribution in [0.2, 0.25) is 0 Å². The van der Waals surface area contributed by atoms with Crippen LogP contribution in [0.15, 0.2) is 0 Å². The summed E-state index contributed by atoms with van der Waals surface area (Å²) in [5, 5.41) is 0. The predicted molar refractivity (Wildman–Crippen MR) is 63.7 cm³/mol. The Balaban J connectivity index is 4.51.